The molecule has 0 spiro atoms. The standard InChI is InChI=1S/C11H9F3N2O2/c1-15-6-2-3-8-4-5-9(11(12,13)14)10(7-8)16(17)18/h4-5,7,15H,6H2,1H3. The second-order valence-electron chi connectivity index (χ2n) is 3.32. The number of nitro groups is 1. The normalized spacial score (nSPS) is 10.7. The van der Waals surface area contributed by atoms with Crippen molar-refractivity contribution in [1.29, 1.82) is 0 Å². The number of hydrogen-bond donors (Lipinski definition) is 1. The van der Waals surface area contributed by atoms with Crippen LogP contribution < -0.4 is 5.32 Å². The third kappa shape index (κ3) is 3.46. The summed E-state index contributed by atoms with van der Waals surface area (Å²) in [5.74, 6) is 5.15. The smallest absolute Gasteiger partial charge is 0.309 e. The van der Waals surface area contributed by atoms with E-state index in [9.17, 15) is 23.3 Å². The Morgan fingerprint density at radius 2 is 2.11 bits per heavy atom. The zero-order valence-electron chi connectivity index (χ0n) is 9.34. The number of halogens is 3. The van der Waals surface area contributed by atoms with Crippen LogP contribution in [0.15, 0.2) is 18.2 Å². The fourth-order valence-electron chi connectivity index (χ4n) is 1.23. The minimum absolute atomic E-state index is 0.171. The van der Waals surface area contributed by atoms with E-state index in [0.717, 1.165) is 12.1 Å². The van der Waals surface area contributed by atoms with E-state index < -0.39 is 22.4 Å². The number of nitro benzene ring substituents is 1. The zero-order chi connectivity index (χ0) is 13.8. The minimum Gasteiger partial charge on any atom is -0.309 e. The molecule has 0 unspecified atom stereocenters. The Bertz CT molecular complexity index is 515. The first-order valence-electron chi connectivity index (χ1n) is 4.85. The van der Waals surface area contributed by atoms with Gasteiger partial charge >= 0.3 is 6.18 Å². The van der Waals surface area contributed by atoms with Crippen LogP contribution in [0, 0.1) is 22.0 Å². The number of alkyl halides is 3. The molecular weight excluding hydrogens is 249 g/mol. The summed E-state index contributed by atoms with van der Waals surface area (Å²) < 4.78 is 37.5. The fourth-order valence-corrected chi connectivity index (χ4v) is 1.23. The lowest BCUT2D eigenvalue weighted by molar-refractivity contribution is -0.388. The number of hydrogen-bond acceptors (Lipinski definition) is 3. The quantitative estimate of drug-likeness (QED) is 0.502. The molecule has 0 fully saturated rings. The third-order valence-electron chi connectivity index (χ3n) is 2.00. The summed E-state index contributed by atoms with van der Waals surface area (Å²) in [6, 6.07) is 2.60. The predicted octanol–water partition coefficient (Wildman–Crippen LogP) is 2.18. The monoisotopic (exact) mass is 258 g/mol. The Morgan fingerprint density at radius 1 is 1.44 bits per heavy atom. The van der Waals surface area contributed by atoms with E-state index >= 15 is 0 Å². The van der Waals surface area contributed by atoms with Gasteiger partial charge in [0.2, 0.25) is 0 Å². The summed E-state index contributed by atoms with van der Waals surface area (Å²) in [5.41, 5.74) is -2.09. The SMILES string of the molecule is CNCC#Cc1ccc(C(F)(F)F)c([N+](=O)[O-])c1. The molecule has 0 radical (unpaired) electrons. The van der Waals surface area contributed by atoms with Crippen LogP contribution in [0.3, 0.4) is 0 Å². The zero-order valence-corrected chi connectivity index (χ0v) is 9.34. The molecule has 18 heavy (non-hydrogen) atoms. The second-order valence-corrected chi connectivity index (χ2v) is 3.32. The minimum atomic E-state index is -4.75. The molecule has 0 aliphatic carbocycles. The molecular formula is C11H9F3N2O2. The molecule has 1 aromatic rings. The summed E-state index contributed by atoms with van der Waals surface area (Å²) in [6.45, 7) is 0.342. The highest BCUT2D eigenvalue weighted by molar-refractivity contribution is 5.50. The third-order valence-corrected chi connectivity index (χ3v) is 2.00. The molecule has 0 heterocycles. The van der Waals surface area contributed by atoms with Crippen LogP contribution in [-0.4, -0.2) is 18.5 Å². The Labute approximate surface area is 101 Å². The number of nitrogens with zero attached hydrogens (tertiary/aromatic N) is 1. The van der Waals surface area contributed by atoms with Gasteiger partial charge in [0.05, 0.1) is 11.5 Å². The van der Waals surface area contributed by atoms with Crippen LogP contribution in [0.4, 0.5) is 18.9 Å². The maximum absolute atomic E-state index is 12.5. The Balaban J connectivity index is 3.21. The lowest BCUT2D eigenvalue weighted by atomic mass is 10.1. The van der Waals surface area contributed by atoms with Crippen LogP contribution in [-0.2, 0) is 6.18 Å². The molecule has 0 saturated heterocycles. The summed E-state index contributed by atoms with van der Waals surface area (Å²) in [4.78, 5) is 9.53. The molecule has 96 valence electrons. The van der Waals surface area contributed by atoms with Crippen molar-refractivity contribution in [1.82, 2.24) is 5.32 Å². The van der Waals surface area contributed by atoms with Gasteiger partial charge in [0.1, 0.15) is 5.56 Å². The van der Waals surface area contributed by atoms with E-state index in [1.165, 1.54) is 0 Å². The van der Waals surface area contributed by atoms with Crippen molar-refractivity contribution >= 4 is 5.69 Å². The highest BCUT2D eigenvalue weighted by atomic mass is 19.4. The van der Waals surface area contributed by atoms with Crippen molar-refractivity contribution in [3.05, 3.63) is 39.4 Å². The highest BCUT2D eigenvalue weighted by Gasteiger charge is 2.38. The molecule has 4 nitrogen and oxygen atoms in total. The van der Waals surface area contributed by atoms with Gasteiger partial charge in [0.25, 0.3) is 5.69 Å². The Morgan fingerprint density at radius 3 is 2.61 bits per heavy atom. The Kier molecular flexibility index (Phi) is 4.28. The molecule has 0 bridgehead atoms. The van der Waals surface area contributed by atoms with Gasteiger partial charge in [0.15, 0.2) is 0 Å². The molecule has 0 atom stereocenters. The maximum Gasteiger partial charge on any atom is 0.422 e. The topological polar surface area (TPSA) is 55.2 Å². The average Bonchev–Trinajstić information content (AvgIpc) is 2.27. The van der Waals surface area contributed by atoms with Gasteiger partial charge in [-0.05, 0) is 19.2 Å². The first kappa shape index (κ1) is 14.0. The van der Waals surface area contributed by atoms with Gasteiger partial charge in [0, 0.05) is 11.6 Å². The van der Waals surface area contributed by atoms with Crippen LogP contribution in [0.2, 0.25) is 0 Å². The van der Waals surface area contributed by atoms with Crippen LogP contribution in [0.1, 0.15) is 11.1 Å². The van der Waals surface area contributed by atoms with Crippen LogP contribution >= 0.6 is 0 Å². The first-order chi connectivity index (χ1) is 8.36. The van der Waals surface area contributed by atoms with Crippen molar-refractivity contribution in [2.45, 2.75) is 6.18 Å². The summed E-state index contributed by atoms with van der Waals surface area (Å²) in [7, 11) is 1.66. The van der Waals surface area contributed by atoms with Crippen molar-refractivity contribution in [2.24, 2.45) is 0 Å². The van der Waals surface area contributed by atoms with Crippen LogP contribution in [0.25, 0.3) is 0 Å². The van der Waals surface area contributed by atoms with Crippen molar-refractivity contribution in [2.75, 3.05) is 13.6 Å². The molecule has 7 heteroatoms. The first-order valence-corrected chi connectivity index (χ1v) is 4.85. The Hall–Kier alpha value is -2.07. The van der Waals surface area contributed by atoms with E-state index in [-0.39, 0.29) is 5.56 Å². The number of benzene rings is 1. The number of rotatable bonds is 2. The lowest BCUT2D eigenvalue weighted by Gasteiger charge is -2.07. The molecule has 1 aromatic carbocycles. The summed E-state index contributed by atoms with van der Waals surface area (Å²) >= 11 is 0. The highest BCUT2D eigenvalue weighted by Crippen LogP contribution is 2.36. The summed E-state index contributed by atoms with van der Waals surface area (Å²) in [5, 5.41) is 13.3. The largest absolute Gasteiger partial charge is 0.422 e. The number of nitrogens with one attached hydrogen (secondary N) is 1. The predicted molar refractivity (Wildman–Crippen MR) is 58.9 cm³/mol. The van der Waals surface area contributed by atoms with E-state index in [1.807, 2.05) is 0 Å². The van der Waals surface area contributed by atoms with Gasteiger partial charge in [-0.25, -0.2) is 0 Å². The van der Waals surface area contributed by atoms with Gasteiger partial charge in [-0.1, -0.05) is 11.8 Å². The van der Waals surface area contributed by atoms with E-state index in [4.69, 9.17) is 0 Å². The molecule has 0 saturated carbocycles. The molecule has 0 amide bonds. The molecule has 0 aliphatic rings. The van der Waals surface area contributed by atoms with E-state index in [1.54, 1.807) is 7.05 Å². The van der Waals surface area contributed by atoms with Crippen molar-refractivity contribution in [3.8, 4) is 11.8 Å². The second kappa shape index (κ2) is 5.51. The van der Waals surface area contributed by atoms with Crippen LogP contribution in [0.5, 0.6) is 0 Å². The molecule has 0 aromatic heterocycles. The van der Waals surface area contributed by atoms with Gasteiger partial charge in [-0.2, -0.15) is 13.2 Å². The van der Waals surface area contributed by atoms with E-state index in [0.29, 0.717) is 12.6 Å². The maximum atomic E-state index is 12.5. The van der Waals surface area contributed by atoms with Gasteiger partial charge < -0.3 is 5.32 Å². The van der Waals surface area contributed by atoms with Gasteiger partial charge in [-0.3, -0.25) is 10.1 Å². The molecule has 1 N–H and O–H groups in total. The van der Waals surface area contributed by atoms with E-state index in [2.05, 4.69) is 17.2 Å². The lowest BCUT2D eigenvalue weighted by Crippen LogP contribution is -2.09. The fraction of sp³-hybridized carbons (Fsp3) is 0.273. The van der Waals surface area contributed by atoms with Crippen molar-refractivity contribution in [3.63, 3.8) is 0 Å². The van der Waals surface area contributed by atoms with Gasteiger partial charge in [-0.15, -0.1) is 0 Å². The van der Waals surface area contributed by atoms with Crippen molar-refractivity contribution < 1.29 is 18.1 Å². The molecule has 1 rings (SSSR count). The summed E-state index contributed by atoms with van der Waals surface area (Å²) in [6.07, 6.45) is -4.75. The average molecular weight is 258 g/mol. The molecule has 0 aliphatic heterocycles.